The fourth-order valence-corrected chi connectivity index (χ4v) is 1.47. The van der Waals surface area contributed by atoms with E-state index in [1.165, 1.54) is 0 Å². The Balaban J connectivity index is 2.71. The second-order valence-corrected chi connectivity index (χ2v) is 4.40. The van der Waals surface area contributed by atoms with Gasteiger partial charge in [0, 0.05) is 5.69 Å². The lowest BCUT2D eigenvalue weighted by Gasteiger charge is -2.17. The molecule has 1 aromatic rings. The molecule has 0 aliphatic heterocycles. The first-order valence-electron chi connectivity index (χ1n) is 5.81. The number of aromatic hydroxyl groups is 1. The normalized spacial score (nSPS) is 14.1. The number of phenols is 1. The molecule has 0 radical (unpaired) electrons. The quantitative estimate of drug-likeness (QED) is 0.700. The van der Waals surface area contributed by atoms with Gasteiger partial charge in [-0.05, 0) is 36.6 Å². The molecule has 2 atom stereocenters. The van der Waals surface area contributed by atoms with E-state index in [1.54, 1.807) is 25.1 Å². The third-order valence-corrected chi connectivity index (χ3v) is 3.02. The van der Waals surface area contributed by atoms with Gasteiger partial charge in [0.25, 0.3) is 0 Å². The first-order chi connectivity index (χ1) is 7.95. The van der Waals surface area contributed by atoms with Crippen molar-refractivity contribution in [2.45, 2.75) is 33.2 Å². The van der Waals surface area contributed by atoms with Gasteiger partial charge in [-0.15, -0.1) is 0 Å². The lowest BCUT2D eigenvalue weighted by atomic mass is 9.99. The number of carbonyl (C=O) groups is 1. The highest BCUT2D eigenvalue weighted by Gasteiger charge is 2.19. The molecule has 0 saturated heterocycles. The molecule has 1 amide bonds. The van der Waals surface area contributed by atoms with Gasteiger partial charge in [0.15, 0.2) is 0 Å². The van der Waals surface area contributed by atoms with E-state index >= 15 is 0 Å². The lowest BCUT2D eigenvalue weighted by Crippen LogP contribution is -2.40. The number of anilines is 1. The van der Waals surface area contributed by atoms with Crippen LogP contribution in [0.2, 0.25) is 0 Å². The Hall–Kier alpha value is -1.55. The molecule has 0 heterocycles. The van der Waals surface area contributed by atoms with Crippen LogP contribution in [0.4, 0.5) is 5.69 Å². The van der Waals surface area contributed by atoms with Crippen molar-refractivity contribution in [3.63, 3.8) is 0 Å². The van der Waals surface area contributed by atoms with E-state index < -0.39 is 6.04 Å². The van der Waals surface area contributed by atoms with Crippen molar-refractivity contribution in [1.29, 1.82) is 0 Å². The highest BCUT2D eigenvalue weighted by Crippen LogP contribution is 2.20. The van der Waals surface area contributed by atoms with Crippen molar-refractivity contribution in [2.24, 2.45) is 11.7 Å². The van der Waals surface area contributed by atoms with Gasteiger partial charge in [0.1, 0.15) is 5.75 Å². The van der Waals surface area contributed by atoms with Crippen LogP contribution >= 0.6 is 0 Å². The van der Waals surface area contributed by atoms with Crippen molar-refractivity contribution in [3.8, 4) is 5.75 Å². The fourth-order valence-electron chi connectivity index (χ4n) is 1.47. The van der Waals surface area contributed by atoms with Gasteiger partial charge in [0.2, 0.25) is 5.91 Å². The van der Waals surface area contributed by atoms with E-state index in [2.05, 4.69) is 5.32 Å². The number of carbonyl (C=O) groups excluding carboxylic acids is 1. The van der Waals surface area contributed by atoms with Gasteiger partial charge in [0.05, 0.1) is 6.04 Å². The number of nitrogens with two attached hydrogens (primary N) is 1. The minimum Gasteiger partial charge on any atom is -0.508 e. The fraction of sp³-hybridized carbons (Fsp3) is 0.462. The smallest absolute Gasteiger partial charge is 0.241 e. The van der Waals surface area contributed by atoms with Crippen LogP contribution < -0.4 is 11.1 Å². The topological polar surface area (TPSA) is 75.4 Å². The summed E-state index contributed by atoms with van der Waals surface area (Å²) >= 11 is 0. The van der Waals surface area contributed by atoms with Crippen LogP contribution in [0.5, 0.6) is 5.75 Å². The van der Waals surface area contributed by atoms with Gasteiger partial charge in [-0.25, -0.2) is 0 Å². The molecule has 4 nitrogen and oxygen atoms in total. The number of amides is 1. The lowest BCUT2D eigenvalue weighted by molar-refractivity contribution is -0.118. The van der Waals surface area contributed by atoms with Crippen molar-refractivity contribution < 1.29 is 9.90 Å². The summed E-state index contributed by atoms with van der Waals surface area (Å²) in [5.74, 6) is 0.173. The third-order valence-electron chi connectivity index (χ3n) is 3.02. The summed E-state index contributed by atoms with van der Waals surface area (Å²) in [6.07, 6.45) is 0.864. The molecule has 0 fully saturated rings. The monoisotopic (exact) mass is 236 g/mol. The molecule has 17 heavy (non-hydrogen) atoms. The van der Waals surface area contributed by atoms with E-state index in [4.69, 9.17) is 5.73 Å². The standard InChI is InChI=1S/C13H20N2O2/c1-4-8(2)12(14)13(17)15-10-5-6-11(16)9(3)7-10/h5-8,12,16H,4,14H2,1-3H3,(H,15,17)/t8-,12-/m0/s1. The Bertz CT molecular complexity index is 404. The molecule has 0 spiro atoms. The summed E-state index contributed by atoms with van der Waals surface area (Å²) in [6, 6.07) is 4.42. The van der Waals surface area contributed by atoms with Crippen molar-refractivity contribution in [2.75, 3.05) is 5.32 Å². The summed E-state index contributed by atoms with van der Waals surface area (Å²) in [5.41, 5.74) is 7.20. The number of rotatable bonds is 4. The Labute approximate surface area is 102 Å². The number of nitrogens with one attached hydrogen (secondary N) is 1. The van der Waals surface area contributed by atoms with Crippen molar-refractivity contribution in [1.82, 2.24) is 0 Å². The molecule has 1 aromatic carbocycles. The summed E-state index contributed by atoms with van der Waals surface area (Å²) in [6.45, 7) is 5.73. The maximum absolute atomic E-state index is 11.8. The van der Waals surface area contributed by atoms with Crippen LogP contribution in [0.1, 0.15) is 25.8 Å². The van der Waals surface area contributed by atoms with Gasteiger partial charge < -0.3 is 16.2 Å². The van der Waals surface area contributed by atoms with E-state index in [9.17, 15) is 9.90 Å². The highest BCUT2D eigenvalue weighted by molar-refractivity contribution is 5.95. The first-order valence-corrected chi connectivity index (χ1v) is 5.81. The Morgan fingerprint density at radius 1 is 1.53 bits per heavy atom. The molecule has 94 valence electrons. The maximum Gasteiger partial charge on any atom is 0.241 e. The minimum absolute atomic E-state index is 0.146. The van der Waals surface area contributed by atoms with Crippen LogP contribution in [-0.2, 0) is 4.79 Å². The Morgan fingerprint density at radius 3 is 2.71 bits per heavy atom. The zero-order valence-electron chi connectivity index (χ0n) is 10.5. The molecular weight excluding hydrogens is 216 g/mol. The number of aryl methyl sites for hydroxylation is 1. The molecule has 1 rings (SSSR count). The van der Waals surface area contributed by atoms with Crippen LogP contribution in [0.25, 0.3) is 0 Å². The highest BCUT2D eigenvalue weighted by atomic mass is 16.3. The van der Waals surface area contributed by atoms with Gasteiger partial charge in [-0.3, -0.25) is 4.79 Å². The number of phenolic OH excluding ortho intramolecular Hbond substituents is 1. The van der Waals surface area contributed by atoms with Crippen molar-refractivity contribution in [3.05, 3.63) is 23.8 Å². The van der Waals surface area contributed by atoms with Crippen LogP contribution in [0.15, 0.2) is 18.2 Å². The molecule has 0 aliphatic carbocycles. The van der Waals surface area contributed by atoms with Crippen molar-refractivity contribution >= 4 is 11.6 Å². The van der Waals surface area contributed by atoms with Gasteiger partial charge in [-0.1, -0.05) is 20.3 Å². The number of benzene rings is 1. The molecule has 0 saturated carbocycles. The zero-order chi connectivity index (χ0) is 13.0. The minimum atomic E-state index is -0.505. The van der Waals surface area contributed by atoms with E-state index in [0.29, 0.717) is 5.69 Å². The molecule has 4 N–H and O–H groups in total. The first kappa shape index (κ1) is 13.5. The average Bonchev–Trinajstić information content (AvgIpc) is 2.31. The van der Waals surface area contributed by atoms with E-state index in [0.717, 1.165) is 12.0 Å². The SMILES string of the molecule is CC[C@H](C)[C@H](N)C(=O)Nc1ccc(O)c(C)c1. The molecule has 0 aliphatic rings. The Kier molecular flexibility index (Phi) is 4.52. The van der Waals surface area contributed by atoms with Gasteiger partial charge in [-0.2, -0.15) is 0 Å². The van der Waals surface area contributed by atoms with Crippen LogP contribution in [0.3, 0.4) is 0 Å². The predicted molar refractivity (Wildman–Crippen MR) is 68.9 cm³/mol. The summed E-state index contributed by atoms with van der Waals surface area (Å²) in [4.78, 5) is 11.8. The average molecular weight is 236 g/mol. The van der Waals surface area contributed by atoms with Gasteiger partial charge >= 0.3 is 0 Å². The summed E-state index contributed by atoms with van der Waals surface area (Å²) < 4.78 is 0. The molecule has 4 heteroatoms. The molecule has 0 unspecified atom stereocenters. The largest absolute Gasteiger partial charge is 0.508 e. The molecular formula is C13H20N2O2. The number of hydrogen-bond acceptors (Lipinski definition) is 3. The van der Waals surface area contributed by atoms with Crippen LogP contribution in [0, 0.1) is 12.8 Å². The summed E-state index contributed by atoms with van der Waals surface area (Å²) in [7, 11) is 0. The third kappa shape index (κ3) is 3.46. The molecule has 0 bridgehead atoms. The zero-order valence-corrected chi connectivity index (χ0v) is 10.5. The van der Waals surface area contributed by atoms with Crippen LogP contribution in [-0.4, -0.2) is 17.1 Å². The maximum atomic E-state index is 11.8. The molecule has 0 aromatic heterocycles. The second kappa shape index (κ2) is 5.68. The number of hydrogen-bond donors (Lipinski definition) is 3. The van der Waals surface area contributed by atoms with E-state index in [-0.39, 0.29) is 17.6 Å². The van der Waals surface area contributed by atoms with E-state index in [1.807, 2.05) is 13.8 Å². The Morgan fingerprint density at radius 2 is 2.18 bits per heavy atom. The second-order valence-electron chi connectivity index (χ2n) is 4.40. The predicted octanol–water partition coefficient (Wildman–Crippen LogP) is 2.01. The summed E-state index contributed by atoms with van der Waals surface area (Å²) in [5, 5.41) is 12.1.